The van der Waals surface area contributed by atoms with Crippen LogP contribution in [0.5, 0.6) is 0 Å². The van der Waals surface area contributed by atoms with Gasteiger partial charge < -0.3 is 56.8 Å². The smallest absolute Gasteiger partial charge is 0.164 e. The fourth-order valence-corrected chi connectivity index (χ4v) is 7.12. The molecule has 0 bridgehead atoms. The third-order valence-corrected chi connectivity index (χ3v) is 8.42. The summed E-state index contributed by atoms with van der Waals surface area (Å²) in [5.41, 5.74) is 0. The summed E-state index contributed by atoms with van der Waals surface area (Å²) in [6, 6.07) is 0. The van der Waals surface area contributed by atoms with Gasteiger partial charge in [-0.2, -0.15) is 0 Å². The van der Waals surface area contributed by atoms with Crippen LogP contribution in [0.2, 0.25) is 0 Å². The fourth-order valence-electron chi connectivity index (χ4n) is 7.12. The van der Waals surface area contributed by atoms with Gasteiger partial charge in [0, 0.05) is 0 Å². The van der Waals surface area contributed by atoms with Crippen molar-refractivity contribution in [3.8, 4) is 0 Å². The average Bonchev–Trinajstić information content (AvgIpc) is 3.63. The molecule has 0 N–H and O–H groups in total. The summed E-state index contributed by atoms with van der Waals surface area (Å²) in [6.45, 7) is 23.4. The lowest BCUT2D eigenvalue weighted by molar-refractivity contribution is -0.180. The Morgan fingerprint density at radius 3 is 0.714 bits per heavy atom. The monoisotopic (exact) mass is 602 g/mol. The van der Waals surface area contributed by atoms with Crippen LogP contribution in [0, 0.1) is 0 Å². The molecule has 6 fully saturated rings. The van der Waals surface area contributed by atoms with E-state index in [4.69, 9.17) is 56.8 Å². The van der Waals surface area contributed by atoms with Crippen molar-refractivity contribution < 1.29 is 56.8 Å². The Bertz CT molecular complexity index is 944. The molecular weight excluding hydrogens is 552 g/mol. The van der Waals surface area contributed by atoms with Gasteiger partial charge in [-0.1, -0.05) is 0 Å². The Kier molecular flexibility index (Phi) is 7.51. The molecule has 10 atom stereocenters. The van der Waals surface area contributed by atoms with Crippen molar-refractivity contribution in [1.29, 1.82) is 0 Å². The van der Waals surface area contributed by atoms with Crippen molar-refractivity contribution in [2.75, 3.05) is 13.2 Å². The largest absolute Gasteiger partial charge is 0.348 e. The Morgan fingerprint density at radius 1 is 0.286 bits per heavy atom. The Balaban J connectivity index is 1.31. The lowest BCUT2D eigenvalue weighted by Gasteiger charge is -2.34. The molecule has 6 rings (SSSR count). The van der Waals surface area contributed by atoms with E-state index < -0.39 is 83.6 Å². The zero-order chi connectivity index (χ0) is 30.7. The van der Waals surface area contributed by atoms with Crippen LogP contribution < -0.4 is 0 Å². The van der Waals surface area contributed by atoms with Crippen LogP contribution in [0.25, 0.3) is 0 Å². The minimum Gasteiger partial charge on any atom is -0.348 e. The molecule has 6 aliphatic rings. The van der Waals surface area contributed by atoms with Crippen molar-refractivity contribution in [3.63, 3.8) is 0 Å². The molecule has 0 unspecified atom stereocenters. The van der Waals surface area contributed by atoms with E-state index in [1.54, 1.807) is 0 Å². The molecule has 0 saturated carbocycles. The molecule has 242 valence electrons. The predicted molar refractivity (Wildman–Crippen MR) is 145 cm³/mol. The number of ether oxygens (including phenoxy) is 12. The average molecular weight is 603 g/mol. The van der Waals surface area contributed by atoms with Gasteiger partial charge in [0.1, 0.15) is 61.0 Å². The Hall–Kier alpha value is -0.480. The number of rotatable bonds is 5. The minimum absolute atomic E-state index is 0.354. The summed E-state index contributed by atoms with van der Waals surface area (Å²) >= 11 is 0. The van der Waals surface area contributed by atoms with Crippen molar-refractivity contribution in [2.24, 2.45) is 0 Å². The second-order valence-electron chi connectivity index (χ2n) is 15.0. The van der Waals surface area contributed by atoms with E-state index in [1.807, 2.05) is 83.1 Å². The van der Waals surface area contributed by atoms with Gasteiger partial charge in [-0.25, -0.2) is 0 Å². The van der Waals surface area contributed by atoms with E-state index in [1.165, 1.54) is 0 Å². The molecule has 0 amide bonds. The predicted octanol–water partition coefficient (Wildman–Crippen LogP) is 3.37. The Labute approximate surface area is 249 Å². The van der Waals surface area contributed by atoms with Crippen LogP contribution in [-0.2, 0) is 56.8 Å². The zero-order valence-corrected chi connectivity index (χ0v) is 27.1. The maximum absolute atomic E-state index is 6.62. The maximum Gasteiger partial charge on any atom is 0.164 e. The molecule has 6 heterocycles. The first-order valence-corrected chi connectivity index (χ1v) is 15.2. The first-order chi connectivity index (χ1) is 19.1. The van der Waals surface area contributed by atoms with Crippen LogP contribution in [-0.4, -0.2) is 109 Å². The summed E-state index contributed by atoms with van der Waals surface area (Å²) in [4.78, 5) is 0. The van der Waals surface area contributed by atoms with Gasteiger partial charge in [0.05, 0.1) is 13.2 Å². The third-order valence-electron chi connectivity index (χ3n) is 8.42. The van der Waals surface area contributed by atoms with E-state index in [9.17, 15) is 0 Å². The lowest BCUT2D eigenvalue weighted by Crippen LogP contribution is -2.55. The van der Waals surface area contributed by atoms with Gasteiger partial charge in [-0.3, -0.25) is 0 Å². The quantitative estimate of drug-likeness (QED) is 0.460. The minimum atomic E-state index is -0.930. The fraction of sp³-hybridized carbons (Fsp3) is 1.00. The maximum atomic E-state index is 6.62. The summed E-state index contributed by atoms with van der Waals surface area (Å²) < 4.78 is 76.6. The van der Waals surface area contributed by atoms with E-state index in [-0.39, 0.29) is 12.2 Å². The van der Waals surface area contributed by atoms with Gasteiger partial charge in [0.2, 0.25) is 0 Å². The van der Waals surface area contributed by atoms with E-state index >= 15 is 0 Å². The molecule has 0 aromatic rings. The van der Waals surface area contributed by atoms with Gasteiger partial charge in [0.25, 0.3) is 0 Å². The first-order valence-electron chi connectivity index (χ1n) is 15.2. The lowest BCUT2D eigenvalue weighted by atomic mass is 9.91. The molecule has 0 aliphatic carbocycles. The van der Waals surface area contributed by atoms with Gasteiger partial charge in [0.15, 0.2) is 34.7 Å². The third kappa shape index (κ3) is 6.17. The second-order valence-corrected chi connectivity index (χ2v) is 15.0. The topological polar surface area (TPSA) is 111 Å². The van der Waals surface area contributed by atoms with Crippen molar-refractivity contribution >= 4 is 0 Å². The van der Waals surface area contributed by atoms with Crippen molar-refractivity contribution in [1.82, 2.24) is 0 Å². The van der Waals surface area contributed by atoms with Gasteiger partial charge in [-0.15, -0.1) is 0 Å². The van der Waals surface area contributed by atoms with Crippen LogP contribution in [0.15, 0.2) is 0 Å². The van der Waals surface area contributed by atoms with Crippen molar-refractivity contribution in [2.45, 2.75) is 179 Å². The summed E-state index contributed by atoms with van der Waals surface area (Å²) in [7, 11) is 0. The molecule has 0 radical (unpaired) electrons. The zero-order valence-electron chi connectivity index (χ0n) is 27.1. The summed E-state index contributed by atoms with van der Waals surface area (Å²) in [6.07, 6.45) is -5.08. The number of hydrogen-bond donors (Lipinski definition) is 0. The molecule has 12 heteroatoms. The summed E-state index contributed by atoms with van der Waals surface area (Å²) in [5, 5.41) is 0. The van der Waals surface area contributed by atoms with E-state index in [2.05, 4.69) is 0 Å². The first kappa shape index (κ1) is 31.5. The van der Waals surface area contributed by atoms with Gasteiger partial charge in [-0.05, 0) is 83.1 Å². The summed E-state index contributed by atoms with van der Waals surface area (Å²) in [5.74, 6) is -5.06. The highest BCUT2D eigenvalue weighted by atomic mass is 16.8. The van der Waals surface area contributed by atoms with Crippen LogP contribution in [0.3, 0.4) is 0 Å². The van der Waals surface area contributed by atoms with Crippen LogP contribution in [0.1, 0.15) is 83.1 Å². The van der Waals surface area contributed by atoms with Crippen molar-refractivity contribution in [3.05, 3.63) is 0 Å². The van der Waals surface area contributed by atoms with Crippen LogP contribution >= 0.6 is 0 Å². The normalized spacial score (nSPS) is 48.3. The second kappa shape index (κ2) is 10.0. The standard InChI is InChI=1S/C30H50O12/c1-25(2)31-13-15(33-25)17-19(37-27(5,6)35-17)21-23(41-29(9,10)39-21)24-22(40-30(11,12)42-24)20-18(36-28(7,8)38-20)16-14-32-26(3,4)34-16/h15-24H,13-14H2,1-12H3/t15-,16-,17-,18-,19+,20+,21+,22+,23-,24+/m1/s1. The number of hydrogen-bond acceptors (Lipinski definition) is 12. The molecule has 6 aliphatic heterocycles. The van der Waals surface area contributed by atoms with E-state index in [0.29, 0.717) is 13.2 Å². The molecular formula is C30H50O12. The SMILES string of the molecule is CC1(C)O[C@H]([C@@H]2OC(C)(C)O[C@H]2[C@H]2OC(C)(C)O[C@@H]2[C@H]2COC(C)(C)O2)[C@H]([C@H]2OC(C)(C)O[C@@H]2[C@H]2COC(C)(C)O2)O1. The molecule has 0 aromatic carbocycles. The van der Waals surface area contributed by atoms with Gasteiger partial charge >= 0.3 is 0 Å². The molecule has 0 aromatic heterocycles. The molecule has 6 saturated heterocycles. The highest BCUT2D eigenvalue weighted by molar-refractivity contribution is 5.07. The molecule has 12 nitrogen and oxygen atoms in total. The highest BCUT2D eigenvalue weighted by Crippen LogP contribution is 2.48. The highest BCUT2D eigenvalue weighted by Gasteiger charge is 2.65. The molecule has 42 heavy (non-hydrogen) atoms. The van der Waals surface area contributed by atoms with Crippen LogP contribution in [0.4, 0.5) is 0 Å². The Morgan fingerprint density at radius 2 is 0.500 bits per heavy atom. The molecule has 0 spiro atoms. The van der Waals surface area contributed by atoms with E-state index in [0.717, 1.165) is 0 Å².